The lowest BCUT2D eigenvalue weighted by atomic mass is 9.95. The Balaban J connectivity index is 2.20. The number of hydrogen-bond donors (Lipinski definition) is 0. The minimum absolute atomic E-state index is 0.0197. The molecule has 0 saturated heterocycles. The number of ketones is 1. The fraction of sp³-hybridized carbons (Fsp3) is 0.706. The van der Waals surface area contributed by atoms with Crippen molar-refractivity contribution in [2.75, 3.05) is 7.11 Å². The summed E-state index contributed by atoms with van der Waals surface area (Å²) >= 11 is 0. The molecule has 0 fully saturated rings. The van der Waals surface area contributed by atoms with Crippen LogP contribution in [0.4, 0.5) is 0 Å². The molecule has 0 aromatic rings. The van der Waals surface area contributed by atoms with Crippen molar-refractivity contribution >= 4 is 5.78 Å². The molecular weight excluding hydrogens is 264 g/mol. The first-order valence-corrected chi connectivity index (χ1v) is 7.68. The van der Waals surface area contributed by atoms with Gasteiger partial charge in [-0.15, -0.1) is 0 Å². The molecule has 1 heterocycles. The third-order valence-electron chi connectivity index (χ3n) is 3.80. The minimum atomic E-state index is -0.420. The van der Waals surface area contributed by atoms with Gasteiger partial charge in [-0.2, -0.15) is 10.2 Å². The first kappa shape index (κ1) is 17.8. The summed E-state index contributed by atoms with van der Waals surface area (Å²) in [5.74, 6) is 0.623. The average molecular weight is 292 g/mol. The Morgan fingerprint density at radius 2 is 2.05 bits per heavy atom. The molecule has 118 valence electrons. The summed E-state index contributed by atoms with van der Waals surface area (Å²) in [5.41, 5.74) is 0.943. The highest BCUT2D eigenvalue weighted by Crippen LogP contribution is 2.20. The van der Waals surface area contributed by atoms with Crippen molar-refractivity contribution in [3.8, 4) is 0 Å². The van der Waals surface area contributed by atoms with Crippen molar-refractivity contribution in [1.29, 1.82) is 0 Å². The van der Waals surface area contributed by atoms with Gasteiger partial charge in [0.25, 0.3) is 0 Å². The normalized spacial score (nSPS) is 17.5. The molecule has 0 spiro atoms. The maximum atomic E-state index is 11.5. The summed E-state index contributed by atoms with van der Waals surface area (Å²) in [7, 11) is 1.77. The standard InChI is InChI=1S/C17H28N2O2/c1-13(10-7-11-17(3,4)21-5)8-6-9-14(2)12-15(20)16-18-19-16/h6,9,12-13,16H,7-8,10-11H2,1-5H3/b9-6+,14-12+. The Morgan fingerprint density at radius 1 is 1.38 bits per heavy atom. The predicted molar refractivity (Wildman–Crippen MR) is 85.3 cm³/mol. The number of hydrogen-bond acceptors (Lipinski definition) is 4. The van der Waals surface area contributed by atoms with E-state index in [0.717, 1.165) is 18.4 Å². The number of allylic oxidation sites excluding steroid dienone is 3. The van der Waals surface area contributed by atoms with Gasteiger partial charge in [0.15, 0.2) is 0 Å². The Bertz CT molecular complexity index is 430. The Labute approximate surface area is 128 Å². The van der Waals surface area contributed by atoms with Crippen LogP contribution < -0.4 is 0 Å². The predicted octanol–water partition coefficient (Wildman–Crippen LogP) is 4.47. The summed E-state index contributed by atoms with van der Waals surface area (Å²) in [6.45, 7) is 8.45. The third-order valence-corrected chi connectivity index (χ3v) is 3.80. The monoisotopic (exact) mass is 292 g/mol. The molecular formula is C17H28N2O2. The largest absolute Gasteiger partial charge is 0.379 e. The fourth-order valence-corrected chi connectivity index (χ4v) is 2.08. The lowest BCUT2D eigenvalue weighted by Gasteiger charge is -2.23. The van der Waals surface area contributed by atoms with Gasteiger partial charge < -0.3 is 4.74 Å². The maximum absolute atomic E-state index is 11.5. The van der Waals surface area contributed by atoms with Gasteiger partial charge >= 0.3 is 0 Å². The first-order chi connectivity index (χ1) is 9.84. The molecule has 1 aliphatic rings. The van der Waals surface area contributed by atoms with Crippen LogP contribution in [0.3, 0.4) is 0 Å². The SMILES string of the molecule is COC(C)(C)CCCC(C)C/C=C/C(C)=C/C(=O)C1N=N1. The molecule has 21 heavy (non-hydrogen) atoms. The van der Waals surface area contributed by atoms with Crippen molar-refractivity contribution < 1.29 is 9.53 Å². The number of methoxy groups -OCH3 is 1. The zero-order valence-corrected chi connectivity index (χ0v) is 13.9. The van der Waals surface area contributed by atoms with E-state index in [4.69, 9.17) is 4.74 Å². The van der Waals surface area contributed by atoms with Crippen LogP contribution >= 0.6 is 0 Å². The fourth-order valence-electron chi connectivity index (χ4n) is 2.08. The van der Waals surface area contributed by atoms with Crippen molar-refractivity contribution in [3.05, 3.63) is 23.8 Å². The zero-order valence-electron chi connectivity index (χ0n) is 13.9. The molecule has 4 nitrogen and oxygen atoms in total. The summed E-state index contributed by atoms with van der Waals surface area (Å²) in [6, 6.07) is 0. The van der Waals surface area contributed by atoms with Crippen molar-refractivity contribution in [3.63, 3.8) is 0 Å². The lowest BCUT2D eigenvalue weighted by Crippen LogP contribution is -2.22. The average Bonchev–Trinajstić information content (AvgIpc) is 3.22. The number of nitrogens with zero attached hydrogens (tertiary/aromatic N) is 2. The van der Waals surface area contributed by atoms with Crippen molar-refractivity contribution in [2.24, 2.45) is 16.1 Å². The summed E-state index contributed by atoms with van der Waals surface area (Å²) in [5, 5.41) is 7.24. The molecule has 0 saturated carbocycles. The summed E-state index contributed by atoms with van der Waals surface area (Å²) < 4.78 is 5.42. The van der Waals surface area contributed by atoms with Gasteiger partial charge in [-0.05, 0) is 51.2 Å². The van der Waals surface area contributed by atoms with Crippen LogP contribution in [0.1, 0.15) is 53.4 Å². The van der Waals surface area contributed by atoms with Crippen LogP contribution in [0.5, 0.6) is 0 Å². The van der Waals surface area contributed by atoms with Crippen LogP contribution in [0.15, 0.2) is 34.0 Å². The van der Waals surface area contributed by atoms with Crippen LogP contribution in [-0.2, 0) is 9.53 Å². The second-order valence-corrected chi connectivity index (χ2v) is 6.49. The third kappa shape index (κ3) is 7.90. The first-order valence-electron chi connectivity index (χ1n) is 7.68. The van der Waals surface area contributed by atoms with Gasteiger partial charge in [0, 0.05) is 7.11 Å². The van der Waals surface area contributed by atoms with E-state index >= 15 is 0 Å². The van der Waals surface area contributed by atoms with Gasteiger partial charge in [-0.3, -0.25) is 4.79 Å². The maximum Gasteiger partial charge on any atom is 0.242 e. The highest BCUT2D eigenvalue weighted by atomic mass is 16.5. The van der Waals surface area contributed by atoms with E-state index in [1.807, 2.05) is 13.0 Å². The molecule has 1 atom stereocenters. The van der Waals surface area contributed by atoms with Gasteiger partial charge in [0.05, 0.1) is 5.60 Å². The van der Waals surface area contributed by atoms with E-state index < -0.39 is 6.17 Å². The summed E-state index contributed by atoms with van der Waals surface area (Å²) in [4.78, 5) is 11.5. The quantitative estimate of drug-likeness (QED) is 0.440. The number of ether oxygens (including phenoxy) is 1. The van der Waals surface area contributed by atoms with Crippen molar-refractivity contribution in [1.82, 2.24) is 0 Å². The van der Waals surface area contributed by atoms with Crippen LogP contribution in [0.25, 0.3) is 0 Å². The molecule has 0 bridgehead atoms. The van der Waals surface area contributed by atoms with Crippen molar-refractivity contribution in [2.45, 2.75) is 65.1 Å². The van der Waals surface area contributed by atoms with Gasteiger partial charge in [0.1, 0.15) is 0 Å². The van der Waals surface area contributed by atoms with E-state index in [1.54, 1.807) is 13.2 Å². The van der Waals surface area contributed by atoms with Gasteiger partial charge in [-0.25, -0.2) is 0 Å². The van der Waals surface area contributed by atoms with Crippen LogP contribution in [0, 0.1) is 5.92 Å². The second kappa shape index (κ2) is 8.23. The number of rotatable bonds is 10. The summed E-state index contributed by atoms with van der Waals surface area (Å²) in [6.07, 6.45) is 9.84. The van der Waals surface area contributed by atoms with Gasteiger partial charge in [-0.1, -0.05) is 31.9 Å². The smallest absolute Gasteiger partial charge is 0.242 e. The Morgan fingerprint density at radius 3 is 2.62 bits per heavy atom. The van der Waals surface area contributed by atoms with Gasteiger partial charge in [0.2, 0.25) is 11.9 Å². The zero-order chi connectivity index (χ0) is 15.9. The van der Waals surface area contributed by atoms with Crippen LogP contribution in [-0.4, -0.2) is 24.7 Å². The number of carbonyl (C=O) groups is 1. The minimum Gasteiger partial charge on any atom is -0.379 e. The van der Waals surface area contributed by atoms with E-state index in [1.165, 1.54) is 12.8 Å². The Kier molecular flexibility index (Phi) is 6.96. The molecule has 0 aliphatic carbocycles. The molecule has 0 amide bonds. The molecule has 4 heteroatoms. The highest BCUT2D eigenvalue weighted by molar-refractivity contribution is 5.96. The molecule has 1 rings (SSSR count). The van der Waals surface area contributed by atoms with E-state index in [2.05, 4.69) is 37.1 Å². The Hall–Kier alpha value is -1.29. The van der Waals surface area contributed by atoms with E-state index in [-0.39, 0.29) is 11.4 Å². The lowest BCUT2D eigenvalue weighted by molar-refractivity contribution is -0.114. The van der Waals surface area contributed by atoms with E-state index in [9.17, 15) is 4.79 Å². The second-order valence-electron chi connectivity index (χ2n) is 6.49. The molecule has 1 aliphatic heterocycles. The topological polar surface area (TPSA) is 51.0 Å². The molecule has 0 aromatic carbocycles. The highest BCUT2D eigenvalue weighted by Gasteiger charge is 2.23. The molecule has 0 N–H and O–H groups in total. The molecule has 0 radical (unpaired) electrons. The van der Waals surface area contributed by atoms with E-state index in [0.29, 0.717) is 5.92 Å². The molecule has 0 aromatic heterocycles. The molecule has 1 unspecified atom stereocenters. The number of carbonyl (C=O) groups excluding carboxylic acids is 1. The van der Waals surface area contributed by atoms with Crippen LogP contribution in [0.2, 0.25) is 0 Å².